The summed E-state index contributed by atoms with van der Waals surface area (Å²) in [5.41, 5.74) is 1.96. The van der Waals surface area contributed by atoms with Gasteiger partial charge in [0.2, 0.25) is 5.95 Å². The maximum atomic E-state index is 12.3. The van der Waals surface area contributed by atoms with Crippen molar-refractivity contribution in [2.24, 2.45) is 0 Å². The van der Waals surface area contributed by atoms with Crippen LogP contribution in [0.1, 0.15) is 11.1 Å². The molecule has 0 bridgehead atoms. The first-order valence-corrected chi connectivity index (χ1v) is 9.36. The van der Waals surface area contributed by atoms with Crippen LogP contribution in [0.3, 0.4) is 0 Å². The summed E-state index contributed by atoms with van der Waals surface area (Å²) in [7, 11) is 0. The fourth-order valence-electron chi connectivity index (χ4n) is 2.99. The van der Waals surface area contributed by atoms with Crippen molar-refractivity contribution in [1.82, 2.24) is 20.2 Å². The largest absolute Gasteiger partial charge is 0.492 e. The number of hydrogen-bond donors (Lipinski definition) is 1. The predicted molar refractivity (Wildman–Crippen MR) is 106 cm³/mol. The first-order valence-electron chi connectivity index (χ1n) is 8.99. The van der Waals surface area contributed by atoms with Gasteiger partial charge in [0, 0.05) is 43.6 Å². The van der Waals surface area contributed by atoms with Crippen LogP contribution in [-0.2, 0) is 0 Å². The van der Waals surface area contributed by atoms with E-state index in [0.717, 1.165) is 35.0 Å². The molecule has 1 aromatic heterocycles. The lowest BCUT2D eigenvalue weighted by atomic mass is 10.1. The van der Waals surface area contributed by atoms with E-state index in [1.54, 1.807) is 23.4 Å². The molecule has 1 aliphatic heterocycles. The summed E-state index contributed by atoms with van der Waals surface area (Å²) in [5.74, 6) is 1.47. The lowest BCUT2D eigenvalue weighted by Gasteiger charge is -2.34. The molecule has 1 saturated heterocycles. The minimum Gasteiger partial charge on any atom is -0.492 e. The van der Waals surface area contributed by atoms with Crippen LogP contribution in [0.2, 0.25) is 5.02 Å². The molecule has 144 valence electrons. The number of halogens is 1. The molecule has 1 aromatic carbocycles. The van der Waals surface area contributed by atoms with E-state index in [0.29, 0.717) is 32.2 Å². The van der Waals surface area contributed by atoms with Crippen molar-refractivity contribution in [2.45, 2.75) is 13.8 Å². The third-order valence-electron chi connectivity index (χ3n) is 4.46. The number of rotatable bonds is 5. The van der Waals surface area contributed by atoms with Gasteiger partial charge in [0.05, 0.1) is 6.54 Å². The van der Waals surface area contributed by atoms with Crippen LogP contribution in [0, 0.1) is 13.8 Å². The minimum atomic E-state index is -0.0734. The molecular weight excluding hydrogens is 366 g/mol. The quantitative estimate of drug-likeness (QED) is 0.796. The number of aryl methyl sites for hydroxylation is 2. The highest BCUT2D eigenvalue weighted by molar-refractivity contribution is 6.32. The van der Waals surface area contributed by atoms with E-state index in [9.17, 15) is 4.79 Å². The van der Waals surface area contributed by atoms with Crippen LogP contribution >= 0.6 is 11.6 Å². The summed E-state index contributed by atoms with van der Waals surface area (Å²) in [6.45, 7) is 7.47. The molecule has 8 heteroatoms. The molecule has 7 nitrogen and oxygen atoms in total. The Labute approximate surface area is 164 Å². The first kappa shape index (κ1) is 19.2. The number of ether oxygens (including phenoxy) is 1. The van der Waals surface area contributed by atoms with Crippen molar-refractivity contribution in [3.8, 4) is 5.75 Å². The highest BCUT2D eigenvalue weighted by Gasteiger charge is 2.22. The van der Waals surface area contributed by atoms with Gasteiger partial charge in [-0.2, -0.15) is 0 Å². The Morgan fingerprint density at radius 1 is 1.15 bits per heavy atom. The van der Waals surface area contributed by atoms with E-state index in [2.05, 4.69) is 20.2 Å². The van der Waals surface area contributed by atoms with Gasteiger partial charge in [0.15, 0.2) is 0 Å². The molecule has 1 N–H and O–H groups in total. The molecule has 0 atom stereocenters. The van der Waals surface area contributed by atoms with Crippen LogP contribution in [0.15, 0.2) is 30.6 Å². The molecule has 2 amide bonds. The van der Waals surface area contributed by atoms with Gasteiger partial charge in [0.1, 0.15) is 12.4 Å². The number of aromatic nitrogens is 2. The van der Waals surface area contributed by atoms with Crippen LogP contribution in [-0.4, -0.2) is 60.2 Å². The summed E-state index contributed by atoms with van der Waals surface area (Å²) in [6, 6.07) is 5.53. The Hall–Kier alpha value is -2.54. The second kappa shape index (κ2) is 8.90. The second-order valence-electron chi connectivity index (χ2n) is 6.47. The second-order valence-corrected chi connectivity index (χ2v) is 6.85. The van der Waals surface area contributed by atoms with Gasteiger partial charge in [-0.3, -0.25) is 0 Å². The zero-order valence-corrected chi connectivity index (χ0v) is 16.4. The monoisotopic (exact) mass is 389 g/mol. The minimum absolute atomic E-state index is 0.0734. The molecule has 1 fully saturated rings. The zero-order valence-electron chi connectivity index (χ0n) is 15.6. The van der Waals surface area contributed by atoms with Crippen molar-refractivity contribution >= 4 is 23.6 Å². The summed E-state index contributed by atoms with van der Waals surface area (Å²) < 4.78 is 5.72. The number of carbonyl (C=O) groups excluding carboxylic acids is 1. The molecule has 27 heavy (non-hydrogen) atoms. The van der Waals surface area contributed by atoms with Gasteiger partial charge < -0.3 is 19.9 Å². The molecule has 1 aliphatic rings. The van der Waals surface area contributed by atoms with E-state index in [1.165, 1.54) is 0 Å². The zero-order chi connectivity index (χ0) is 19.2. The van der Waals surface area contributed by atoms with E-state index < -0.39 is 0 Å². The number of amides is 2. The van der Waals surface area contributed by atoms with Gasteiger partial charge in [-0.25, -0.2) is 14.8 Å². The van der Waals surface area contributed by atoms with Gasteiger partial charge in [-0.05, 0) is 43.2 Å². The molecule has 0 spiro atoms. The molecule has 3 rings (SSSR count). The van der Waals surface area contributed by atoms with Gasteiger partial charge >= 0.3 is 6.03 Å². The van der Waals surface area contributed by atoms with Crippen LogP contribution in [0.5, 0.6) is 5.75 Å². The normalized spacial score (nSPS) is 14.2. The van der Waals surface area contributed by atoms with Crippen LogP contribution in [0.25, 0.3) is 0 Å². The van der Waals surface area contributed by atoms with Gasteiger partial charge in [-0.1, -0.05) is 11.6 Å². The number of nitrogens with one attached hydrogen (secondary N) is 1. The lowest BCUT2D eigenvalue weighted by molar-refractivity contribution is 0.191. The van der Waals surface area contributed by atoms with Crippen LogP contribution in [0.4, 0.5) is 10.7 Å². The van der Waals surface area contributed by atoms with Crippen molar-refractivity contribution in [2.75, 3.05) is 44.2 Å². The van der Waals surface area contributed by atoms with Gasteiger partial charge in [0.25, 0.3) is 0 Å². The number of urea groups is 1. The van der Waals surface area contributed by atoms with Crippen molar-refractivity contribution in [1.29, 1.82) is 0 Å². The van der Waals surface area contributed by atoms with E-state index in [4.69, 9.17) is 16.3 Å². The smallest absolute Gasteiger partial charge is 0.317 e. The highest BCUT2D eigenvalue weighted by atomic mass is 35.5. The Bertz CT molecular complexity index is 756. The third-order valence-corrected chi connectivity index (χ3v) is 5.06. The summed E-state index contributed by atoms with van der Waals surface area (Å²) in [5, 5.41) is 3.66. The summed E-state index contributed by atoms with van der Waals surface area (Å²) in [6.07, 6.45) is 3.45. The fourth-order valence-corrected chi connectivity index (χ4v) is 3.10. The summed E-state index contributed by atoms with van der Waals surface area (Å²) in [4.78, 5) is 24.7. The molecule has 0 unspecified atom stereocenters. The van der Waals surface area contributed by atoms with Crippen molar-refractivity contribution < 1.29 is 9.53 Å². The van der Waals surface area contributed by atoms with E-state index in [1.807, 2.05) is 26.0 Å². The van der Waals surface area contributed by atoms with E-state index in [-0.39, 0.29) is 6.03 Å². The van der Waals surface area contributed by atoms with Crippen molar-refractivity contribution in [3.05, 3.63) is 46.7 Å². The Balaban J connectivity index is 1.39. The van der Waals surface area contributed by atoms with Crippen LogP contribution < -0.4 is 15.0 Å². The number of hydrogen-bond acceptors (Lipinski definition) is 5. The predicted octanol–water partition coefficient (Wildman–Crippen LogP) is 2.66. The standard InChI is InChI=1S/C19H24ClN5O2/c1-14-12-16(13-15(2)17(14)20)27-11-6-23-19(26)25-9-7-24(8-10-25)18-21-4-3-5-22-18/h3-5,12-13H,6-11H2,1-2H3,(H,23,26). The molecule has 0 aliphatic carbocycles. The Kier molecular flexibility index (Phi) is 6.34. The average molecular weight is 390 g/mol. The Morgan fingerprint density at radius 2 is 1.78 bits per heavy atom. The first-order chi connectivity index (χ1) is 13.0. The molecule has 2 heterocycles. The number of nitrogens with zero attached hydrogens (tertiary/aromatic N) is 4. The van der Waals surface area contributed by atoms with Crippen molar-refractivity contribution in [3.63, 3.8) is 0 Å². The maximum Gasteiger partial charge on any atom is 0.317 e. The maximum absolute atomic E-state index is 12.3. The number of carbonyl (C=O) groups is 1. The molecule has 2 aromatic rings. The average Bonchev–Trinajstić information content (AvgIpc) is 2.70. The third kappa shape index (κ3) is 5.01. The molecular formula is C19H24ClN5O2. The topological polar surface area (TPSA) is 70.6 Å². The molecule has 0 saturated carbocycles. The number of piperazine rings is 1. The number of benzene rings is 1. The molecule has 0 radical (unpaired) electrons. The number of anilines is 1. The highest BCUT2D eigenvalue weighted by Crippen LogP contribution is 2.25. The SMILES string of the molecule is Cc1cc(OCCNC(=O)N2CCN(c3ncccn3)CC2)cc(C)c1Cl. The lowest BCUT2D eigenvalue weighted by Crippen LogP contribution is -2.52. The summed E-state index contributed by atoms with van der Waals surface area (Å²) >= 11 is 6.16. The van der Waals surface area contributed by atoms with Gasteiger partial charge in [-0.15, -0.1) is 0 Å². The van der Waals surface area contributed by atoms with E-state index >= 15 is 0 Å². The Morgan fingerprint density at radius 3 is 2.41 bits per heavy atom. The fraction of sp³-hybridized carbons (Fsp3) is 0.421.